The molecule has 0 N–H and O–H groups in total. The van der Waals surface area contributed by atoms with Gasteiger partial charge < -0.3 is 9.80 Å². The van der Waals surface area contributed by atoms with Crippen LogP contribution in [0.3, 0.4) is 0 Å². The molecular formula is C19H30N2O. The molecule has 0 heterocycles. The molecule has 0 aromatic heterocycles. The lowest BCUT2D eigenvalue weighted by molar-refractivity contribution is -0.116. The van der Waals surface area contributed by atoms with E-state index < -0.39 is 0 Å². The molecule has 0 radical (unpaired) electrons. The molecule has 1 aromatic carbocycles. The second-order valence-electron chi connectivity index (χ2n) is 6.50. The Balaban J connectivity index is 2.15. The third-order valence-electron chi connectivity index (χ3n) is 4.75. The van der Waals surface area contributed by atoms with E-state index >= 15 is 0 Å². The molecular weight excluding hydrogens is 272 g/mol. The zero-order chi connectivity index (χ0) is 16.1. The van der Waals surface area contributed by atoms with Crippen LogP contribution in [0.1, 0.15) is 57.1 Å². The molecule has 2 rings (SSSR count). The predicted molar refractivity (Wildman–Crippen MR) is 93.6 cm³/mol. The van der Waals surface area contributed by atoms with Gasteiger partial charge in [-0.2, -0.15) is 0 Å². The normalized spacial score (nSPS) is 16.9. The highest BCUT2D eigenvalue weighted by Gasteiger charge is 2.25. The smallest absolute Gasteiger partial charge is 0.223 e. The number of carbonyl (C=O) groups excluding carboxylic acids is 1. The van der Waals surface area contributed by atoms with Crippen molar-refractivity contribution in [3.05, 3.63) is 29.3 Å². The van der Waals surface area contributed by atoms with Crippen LogP contribution < -0.4 is 4.90 Å². The van der Waals surface area contributed by atoms with Gasteiger partial charge in [-0.05, 0) is 68.0 Å². The first kappa shape index (κ1) is 17.0. The van der Waals surface area contributed by atoms with E-state index in [4.69, 9.17) is 0 Å². The van der Waals surface area contributed by atoms with Crippen molar-refractivity contribution in [1.82, 2.24) is 4.90 Å². The minimum atomic E-state index is 0.0908. The van der Waals surface area contributed by atoms with Crippen molar-refractivity contribution < 1.29 is 4.79 Å². The van der Waals surface area contributed by atoms with Crippen molar-refractivity contribution in [2.24, 2.45) is 0 Å². The van der Waals surface area contributed by atoms with Crippen LogP contribution in [-0.4, -0.2) is 37.5 Å². The molecule has 1 aliphatic rings. The van der Waals surface area contributed by atoms with Crippen molar-refractivity contribution in [1.29, 1.82) is 0 Å². The van der Waals surface area contributed by atoms with E-state index in [1.807, 2.05) is 7.05 Å². The molecule has 1 aliphatic carbocycles. The highest BCUT2D eigenvalue weighted by Crippen LogP contribution is 2.36. The molecule has 1 amide bonds. The first-order valence-corrected chi connectivity index (χ1v) is 8.66. The van der Waals surface area contributed by atoms with Crippen LogP contribution in [0.4, 0.5) is 5.69 Å². The van der Waals surface area contributed by atoms with Gasteiger partial charge in [0.05, 0.1) is 0 Å². The standard InChI is InChI=1S/C19H30N2O/c1-5-11-21(12-6-2)14-17-8-7-16-9-10-18(13-19(16)17)20(4)15(3)22/h9-10,13,17H,5-8,11-12,14H2,1-4H3. The molecule has 1 unspecified atom stereocenters. The summed E-state index contributed by atoms with van der Waals surface area (Å²) in [5.41, 5.74) is 3.96. The van der Waals surface area contributed by atoms with Crippen LogP contribution in [0.5, 0.6) is 0 Å². The number of hydrogen-bond acceptors (Lipinski definition) is 2. The molecule has 1 aromatic rings. The summed E-state index contributed by atoms with van der Waals surface area (Å²) in [5, 5.41) is 0. The van der Waals surface area contributed by atoms with Crippen molar-refractivity contribution in [3.63, 3.8) is 0 Å². The number of hydrogen-bond donors (Lipinski definition) is 0. The maximum atomic E-state index is 11.6. The fourth-order valence-electron chi connectivity index (χ4n) is 3.49. The number of anilines is 1. The van der Waals surface area contributed by atoms with Gasteiger partial charge in [-0.15, -0.1) is 0 Å². The summed E-state index contributed by atoms with van der Waals surface area (Å²) >= 11 is 0. The molecule has 122 valence electrons. The lowest BCUT2D eigenvalue weighted by atomic mass is 9.99. The monoisotopic (exact) mass is 302 g/mol. The van der Waals surface area contributed by atoms with Crippen molar-refractivity contribution in [3.8, 4) is 0 Å². The summed E-state index contributed by atoms with van der Waals surface area (Å²) in [6.45, 7) is 9.66. The van der Waals surface area contributed by atoms with Crippen molar-refractivity contribution in [2.75, 3.05) is 31.6 Å². The van der Waals surface area contributed by atoms with Gasteiger partial charge in [0, 0.05) is 26.2 Å². The zero-order valence-corrected chi connectivity index (χ0v) is 14.6. The molecule has 22 heavy (non-hydrogen) atoms. The molecule has 3 nitrogen and oxygen atoms in total. The average molecular weight is 302 g/mol. The summed E-state index contributed by atoms with van der Waals surface area (Å²) < 4.78 is 0. The quantitative estimate of drug-likeness (QED) is 0.764. The Bertz CT molecular complexity index is 506. The highest BCUT2D eigenvalue weighted by molar-refractivity contribution is 5.91. The molecule has 0 aliphatic heterocycles. The Morgan fingerprint density at radius 1 is 1.23 bits per heavy atom. The van der Waals surface area contributed by atoms with Gasteiger partial charge in [0.15, 0.2) is 0 Å². The maximum Gasteiger partial charge on any atom is 0.223 e. The summed E-state index contributed by atoms with van der Waals surface area (Å²) in [6, 6.07) is 6.54. The van der Waals surface area contributed by atoms with E-state index in [1.165, 1.54) is 49.9 Å². The van der Waals surface area contributed by atoms with Gasteiger partial charge in [0.1, 0.15) is 0 Å². The highest BCUT2D eigenvalue weighted by atomic mass is 16.2. The van der Waals surface area contributed by atoms with Crippen molar-refractivity contribution in [2.45, 2.75) is 52.4 Å². The Morgan fingerprint density at radius 3 is 2.50 bits per heavy atom. The number of amides is 1. The summed E-state index contributed by atoms with van der Waals surface area (Å²) in [6.07, 6.45) is 4.85. The van der Waals surface area contributed by atoms with Gasteiger partial charge in [0.2, 0.25) is 5.91 Å². The van der Waals surface area contributed by atoms with E-state index in [1.54, 1.807) is 11.8 Å². The van der Waals surface area contributed by atoms with Gasteiger partial charge in [-0.25, -0.2) is 0 Å². The third-order valence-corrected chi connectivity index (χ3v) is 4.75. The Morgan fingerprint density at radius 2 is 1.91 bits per heavy atom. The minimum absolute atomic E-state index is 0.0908. The zero-order valence-electron chi connectivity index (χ0n) is 14.6. The van der Waals surface area contributed by atoms with E-state index in [2.05, 4.69) is 36.9 Å². The fourth-order valence-corrected chi connectivity index (χ4v) is 3.49. The van der Waals surface area contributed by atoms with E-state index in [-0.39, 0.29) is 5.91 Å². The summed E-state index contributed by atoms with van der Waals surface area (Å²) in [7, 11) is 1.86. The fraction of sp³-hybridized carbons (Fsp3) is 0.632. The van der Waals surface area contributed by atoms with Gasteiger partial charge >= 0.3 is 0 Å². The number of nitrogens with zero attached hydrogens (tertiary/aromatic N) is 2. The molecule has 0 fully saturated rings. The van der Waals surface area contributed by atoms with Crippen molar-refractivity contribution >= 4 is 11.6 Å². The SMILES string of the molecule is CCCN(CCC)CC1CCc2ccc(N(C)C(C)=O)cc21. The number of rotatable bonds is 7. The molecule has 3 heteroatoms. The molecule has 1 atom stereocenters. The van der Waals surface area contributed by atoms with Gasteiger partial charge in [-0.1, -0.05) is 19.9 Å². The van der Waals surface area contributed by atoms with Crippen LogP contribution in [0.15, 0.2) is 18.2 Å². The number of benzene rings is 1. The Labute approximate surface area is 135 Å². The van der Waals surface area contributed by atoms with Crippen LogP contribution in [0.2, 0.25) is 0 Å². The molecule has 0 bridgehead atoms. The Kier molecular flexibility index (Phi) is 6.01. The van der Waals surface area contributed by atoms with Crippen LogP contribution in [-0.2, 0) is 11.2 Å². The average Bonchev–Trinajstić information content (AvgIpc) is 2.89. The molecule has 0 spiro atoms. The number of aryl methyl sites for hydroxylation is 1. The van der Waals surface area contributed by atoms with E-state index in [9.17, 15) is 4.79 Å². The molecule has 0 saturated carbocycles. The maximum absolute atomic E-state index is 11.6. The first-order valence-electron chi connectivity index (χ1n) is 8.66. The van der Waals surface area contributed by atoms with Crippen LogP contribution in [0.25, 0.3) is 0 Å². The van der Waals surface area contributed by atoms with E-state index in [0.717, 1.165) is 12.2 Å². The van der Waals surface area contributed by atoms with Crippen LogP contribution >= 0.6 is 0 Å². The third kappa shape index (κ3) is 3.89. The largest absolute Gasteiger partial charge is 0.316 e. The van der Waals surface area contributed by atoms with Gasteiger partial charge in [-0.3, -0.25) is 4.79 Å². The first-order chi connectivity index (χ1) is 10.6. The predicted octanol–water partition coefficient (Wildman–Crippen LogP) is 3.82. The molecule has 0 saturated heterocycles. The second-order valence-corrected chi connectivity index (χ2v) is 6.50. The Hall–Kier alpha value is -1.35. The second kappa shape index (κ2) is 7.77. The van der Waals surface area contributed by atoms with Gasteiger partial charge in [0.25, 0.3) is 0 Å². The summed E-state index contributed by atoms with van der Waals surface area (Å²) in [5.74, 6) is 0.710. The van der Waals surface area contributed by atoms with Crippen LogP contribution in [0, 0.1) is 0 Å². The lowest BCUT2D eigenvalue weighted by Crippen LogP contribution is -2.29. The van der Waals surface area contributed by atoms with E-state index in [0.29, 0.717) is 5.92 Å². The number of carbonyl (C=O) groups is 1. The topological polar surface area (TPSA) is 23.6 Å². The minimum Gasteiger partial charge on any atom is -0.316 e. The summed E-state index contributed by atoms with van der Waals surface area (Å²) in [4.78, 5) is 15.9. The number of fused-ring (bicyclic) bond motifs is 1. The lowest BCUT2D eigenvalue weighted by Gasteiger charge is -2.25.